The van der Waals surface area contributed by atoms with Gasteiger partial charge in [0.1, 0.15) is 5.82 Å². The lowest BCUT2D eigenvalue weighted by atomic mass is 10.1. The van der Waals surface area contributed by atoms with E-state index in [9.17, 15) is 0 Å². The first kappa shape index (κ1) is 18.6. The molecule has 152 valence electrons. The average molecular weight is 400 g/mol. The molecule has 1 fully saturated rings. The van der Waals surface area contributed by atoms with Crippen LogP contribution in [-0.2, 0) is 17.8 Å². The first-order valence-electron chi connectivity index (χ1n) is 10.1. The Morgan fingerprint density at radius 1 is 0.933 bits per heavy atom. The van der Waals surface area contributed by atoms with E-state index in [4.69, 9.17) is 15.5 Å². The predicted molar refractivity (Wildman–Crippen MR) is 118 cm³/mol. The van der Waals surface area contributed by atoms with E-state index in [1.54, 1.807) is 12.4 Å². The summed E-state index contributed by atoms with van der Waals surface area (Å²) < 4.78 is 5.47. The van der Waals surface area contributed by atoms with Crippen LogP contribution < -0.4 is 15.5 Å². The standard InChI is InChI=1S/C23H24N6O/c1-16(17-4-6-25-22(24)13-17)21-5-7-26-23(27-21)29-14-18-2-3-20(12-19(18)15-29)28-8-10-30-11-9-28/h2-7,12-13H,1,8-11,14-15H2,(H2,24,25). The molecule has 7 nitrogen and oxygen atoms in total. The molecule has 2 aliphatic rings. The summed E-state index contributed by atoms with van der Waals surface area (Å²) in [5, 5.41) is 0. The summed E-state index contributed by atoms with van der Waals surface area (Å²) in [5.74, 6) is 1.17. The van der Waals surface area contributed by atoms with Crippen molar-refractivity contribution in [2.45, 2.75) is 13.1 Å². The Labute approximate surface area is 175 Å². The monoisotopic (exact) mass is 400 g/mol. The quantitative estimate of drug-likeness (QED) is 0.721. The summed E-state index contributed by atoms with van der Waals surface area (Å²) in [6, 6.07) is 12.3. The topological polar surface area (TPSA) is 80.4 Å². The van der Waals surface area contributed by atoms with Gasteiger partial charge in [0.25, 0.3) is 0 Å². The first-order valence-corrected chi connectivity index (χ1v) is 10.1. The van der Waals surface area contributed by atoms with Crippen LogP contribution in [0.4, 0.5) is 17.5 Å². The van der Waals surface area contributed by atoms with E-state index in [-0.39, 0.29) is 0 Å². The van der Waals surface area contributed by atoms with Crippen LogP contribution in [0.5, 0.6) is 0 Å². The number of fused-ring (bicyclic) bond motifs is 1. The number of aromatic nitrogens is 3. The Hall–Kier alpha value is -3.45. The molecule has 30 heavy (non-hydrogen) atoms. The van der Waals surface area contributed by atoms with Crippen molar-refractivity contribution < 1.29 is 4.74 Å². The number of hydrogen-bond donors (Lipinski definition) is 1. The number of nitrogens with two attached hydrogens (primary N) is 1. The van der Waals surface area contributed by atoms with Crippen LogP contribution in [0.15, 0.2) is 55.4 Å². The highest BCUT2D eigenvalue weighted by Crippen LogP contribution is 2.30. The maximum absolute atomic E-state index is 5.82. The summed E-state index contributed by atoms with van der Waals surface area (Å²) >= 11 is 0. The molecule has 0 amide bonds. The van der Waals surface area contributed by atoms with Gasteiger partial charge in [0.05, 0.1) is 18.9 Å². The van der Waals surface area contributed by atoms with Crippen LogP contribution in [0.3, 0.4) is 0 Å². The number of nitrogen functional groups attached to an aromatic ring is 1. The molecular formula is C23H24N6O. The fourth-order valence-electron chi connectivity index (χ4n) is 3.99. The summed E-state index contributed by atoms with van der Waals surface area (Å²) in [7, 11) is 0. The lowest BCUT2D eigenvalue weighted by Gasteiger charge is -2.29. The van der Waals surface area contributed by atoms with Gasteiger partial charge in [0.15, 0.2) is 0 Å². The lowest BCUT2D eigenvalue weighted by Crippen LogP contribution is -2.36. The van der Waals surface area contributed by atoms with Gasteiger partial charge in [-0.2, -0.15) is 0 Å². The zero-order valence-electron chi connectivity index (χ0n) is 16.8. The maximum atomic E-state index is 5.82. The number of morpholine rings is 1. The zero-order valence-corrected chi connectivity index (χ0v) is 16.8. The van der Waals surface area contributed by atoms with Crippen LogP contribution in [0, 0.1) is 0 Å². The number of pyridine rings is 1. The molecule has 1 saturated heterocycles. The maximum Gasteiger partial charge on any atom is 0.226 e. The molecule has 2 aliphatic heterocycles. The van der Waals surface area contributed by atoms with E-state index in [1.165, 1.54) is 16.8 Å². The van der Waals surface area contributed by atoms with Crippen molar-refractivity contribution in [2.75, 3.05) is 41.8 Å². The Kier molecular flexibility index (Phi) is 4.80. The third kappa shape index (κ3) is 3.59. The van der Waals surface area contributed by atoms with E-state index < -0.39 is 0 Å². The van der Waals surface area contributed by atoms with Gasteiger partial charge < -0.3 is 20.3 Å². The van der Waals surface area contributed by atoms with Crippen molar-refractivity contribution in [3.8, 4) is 0 Å². The lowest BCUT2D eigenvalue weighted by molar-refractivity contribution is 0.122. The molecule has 5 rings (SSSR count). The highest BCUT2D eigenvalue weighted by Gasteiger charge is 2.23. The molecule has 4 heterocycles. The normalized spacial score (nSPS) is 15.9. The summed E-state index contributed by atoms with van der Waals surface area (Å²) in [6.45, 7) is 9.26. The molecule has 0 atom stereocenters. The number of nitrogens with zero attached hydrogens (tertiary/aromatic N) is 5. The van der Waals surface area contributed by atoms with Gasteiger partial charge >= 0.3 is 0 Å². The minimum absolute atomic E-state index is 0.467. The van der Waals surface area contributed by atoms with Gasteiger partial charge in [-0.05, 0) is 47.0 Å². The molecule has 2 aromatic heterocycles. The summed E-state index contributed by atoms with van der Waals surface area (Å²) in [4.78, 5) is 17.9. The van der Waals surface area contributed by atoms with Crippen LogP contribution >= 0.6 is 0 Å². The summed E-state index contributed by atoms with van der Waals surface area (Å²) in [5.41, 5.74) is 12.2. The van der Waals surface area contributed by atoms with Gasteiger partial charge in [-0.15, -0.1) is 0 Å². The van der Waals surface area contributed by atoms with E-state index in [1.807, 2.05) is 18.2 Å². The number of benzene rings is 1. The van der Waals surface area contributed by atoms with E-state index in [0.29, 0.717) is 11.8 Å². The van der Waals surface area contributed by atoms with Crippen LogP contribution in [0.1, 0.15) is 22.4 Å². The molecule has 3 aromatic rings. The van der Waals surface area contributed by atoms with Crippen molar-refractivity contribution in [3.63, 3.8) is 0 Å². The molecule has 0 saturated carbocycles. The SMILES string of the molecule is C=C(c1ccnc(N)c1)c1ccnc(N2Cc3ccc(N4CCOCC4)cc3C2)n1. The highest BCUT2D eigenvalue weighted by molar-refractivity contribution is 5.77. The van der Waals surface area contributed by atoms with Crippen LogP contribution in [0.2, 0.25) is 0 Å². The Balaban J connectivity index is 1.36. The second-order valence-corrected chi connectivity index (χ2v) is 7.60. The van der Waals surface area contributed by atoms with E-state index >= 15 is 0 Å². The minimum atomic E-state index is 0.467. The summed E-state index contributed by atoms with van der Waals surface area (Å²) in [6.07, 6.45) is 3.47. The van der Waals surface area contributed by atoms with E-state index in [2.05, 4.69) is 44.5 Å². The third-order valence-corrected chi connectivity index (χ3v) is 5.65. The Bertz CT molecular complexity index is 1090. The highest BCUT2D eigenvalue weighted by atomic mass is 16.5. The largest absolute Gasteiger partial charge is 0.384 e. The molecule has 0 unspecified atom stereocenters. The Morgan fingerprint density at radius 2 is 1.73 bits per heavy atom. The van der Waals surface area contributed by atoms with Crippen LogP contribution in [-0.4, -0.2) is 41.3 Å². The average Bonchev–Trinajstić information content (AvgIpc) is 3.23. The van der Waals surface area contributed by atoms with Gasteiger partial charge in [-0.3, -0.25) is 0 Å². The second kappa shape index (κ2) is 7.76. The van der Waals surface area contributed by atoms with Crippen LogP contribution in [0.25, 0.3) is 5.57 Å². The van der Waals surface area contributed by atoms with Gasteiger partial charge in [0, 0.05) is 49.8 Å². The van der Waals surface area contributed by atoms with E-state index in [0.717, 1.165) is 56.2 Å². The van der Waals surface area contributed by atoms with Crippen molar-refractivity contribution in [3.05, 3.63) is 77.8 Å². The smallest absolute Gasteiger partial charge is 0.226 e. The second-order valence-electron chi connectivity index (χ2n) is 7.60. The fourth-order valence-corrected chi connectivity index (χ4v) is 3.99. The molecule has 0 radical (unpaired) electrons. The number of anilines is 3. The fraction of sp³-hybridized carbons (Fsp3) is 0.261. The third-order valence-electron chi connectivity index (χ3n) is 5.65. The van der Waals surface area contributed by atoms with Crippen molar-refractivity contribution in [1.82, 2.24) is 15.0 Å². The first-order chi connectivity index (χ1) is 14.7. The molecule has 0 aliphatic carbocycles. The number of hydrogen-bond acceptors (Lipinski definition) is 7. The van der Waals surface area contributed by atoms with Gasteiger partial charge in [-0.1, -0.05) is 12.6 Å². The minimum Gasteiger partial charge on any atom is -0.384 e. The zero-order chi connectivity index (χ0) is 20.5. The predicted octanol–water partition coefficient (Wildman–Crippen LogP) is 2.87. The van der Waals surface area contributed by atoms with Crippen molar-refractivity contribution in [1.29, 1.82) is 0 Å². The molecule has 0 bridgehead atoms. The molecule has 7 heteroatoms. The van der Waals surface area contributed by atoms with Crippen molar-refractivity contribution in [2.24, 2.45) is 0 Å². The molecule has 1 aromatic carbocycles. The Morgan fingerprint density at radius 3 is 2.57 bits per heavy atom. The van der Waals surface area contributed by atoms with Crippen molar-refractivity contribution >= 4 is 23.0 Å². The number of rotatable bonds is 4. The molecular weight excluding hydrogens is 376 g/mol. The molecule has 0 spiro atoms. The van der Waals surface area contributed by atoms with Gasteiger partial charge in [-0.25, -0.2) is 15.0 Å². The molecule has 2 N–H and O–H groups in total. The number of ether oxygens (including phenoxy) is 1. The van der Waals surface area contributed by atoms with Gasteiger partial charge in [0.2, 0.25) is 5.95 Å².